The molecule has 37 heavy (non-hydrogen) atoms. The van der Waals surface area contributed by atoms with Crippen LogP contribution in [0.5, 0.6) is 17.2 Å². The number of hydrogen-bond acceptors (Lipinski definition) is 7. The number of carbonyl (C=O) groups excluding carboxylic acids is 1. The molecule has 0 bridgehead atoms. The van der Waals surface area contributed by atoms with Gasteiger partial charge in [-0.2, -0.15) is 9.78 Å². The Morgan fingerprint density at radius 2 is 1.73 bits per heavy atom. The number of benzene rings is 3. The minimum Gasteiger partial charge on any atom is -0.497 e. The molecule has 1 aromatic heterocycles. The van der Waals surface area contributed by atoms with Gasteiger partial charge in [0.15, 0.2) is 11.4 Å². The van der Waals surface area contributed by atoms with Crippen LogP contribution in [-0.2, 0) is 4.74 Å². The molecule has 4 aromatic rings. The standard InChI is InChI=1S/C27H25ClN4O5/c1-35-15-14-29-26(33)18-4-3-5-20(16-18)31-25-24(37-23-10-6-19(28)7-11-23)17-30-32(27(25)34)21-8-12-22(36-2)13-9-21/h3-13,16-17,31H,14-15H2,1-2H3,(H,29,33). The zero-order chi connectivity index (χ0) is 26.2. The molecule has 0 spiro atoms. The second-order valence-electron chi connectivity index (χ2n) is 7.81. The van der Waals surface area contributed by atoms with Crippen LogP contribution in [0.15, 0.2) is 83.8 Å². The van der Waals surface area contributed by atoms with Gasteiger partial charge < -0.3 is 24.8 Å². The van der Waals surface area contributed by atoms with Gasteiger partial charge >= 0.3 is 0 Å². The topological polar surface area (TPSA) is 104 Å². The van der Waals surface area contributed by atoms with Gasteiger partial charge in [0.05, 0.1) is 25.6 Å². The molecule has 0 fully saturated rings. The van der Waals surface area contributed by atoms with Crippen molar-refractivity contribution in [3.05, 3.63) is 99.9 Å². The van der Waals surface area contributed by atoms with E-state index >= 15 is 0 Å². The average Bonchev–Trinajstić information content (AvgIpc) is 2.92. The lowest BCUT2D eigenvalue weighted by atomic mass is 10.2. The molecule has 0 saturated heterocycles. The maximum absolute atomic E-state index is 13.6. The summed E-state index contributed by atoms with van der Waals surface area (Å²) in [6.45, 7) is 0.778. The molecule has 0 saturated carbocycles. The third kappa shape index (κ3) is 6.46. The van der Waals surface area contributed by atoms with E-state index in [1.165, 1.54) is 10.9 Å². The molecule has 0 unspecified atom stereocenters. The first kappa shape index (κ1) is 25.7. The van der Waals surface area contributed by atoms with Crippen molar-refractivity contribution in [2.24, 2.45) is 0 Å². The quantitative estimate of drug-likeness (QED) is 0.289. The Labute approximate surface area is 218 Å². The van der Waals surface area contributed by atoms with E-state index in [2.05, 4.69) is 15.7 Å². The second kappa shape index (κ2) is 12.1. The Kier molecular flexibility index (Phi) is 8.40. The monoisotopic (exact) mass is 520 g/mol. The van der Waals surface area contributed by atoms with Gasteiger partial charge in [-0.05, 0) is 66.7 Å². The van der Waals surface area contributed by atoms with E-state index < -0.39 is 5.56 Å². The Morgan fingerprint density at radius 3 is 2.43 bits per heavy atom. The minimum absolute atomic E-state index is 0.137. The smallest absolute Gasteiger partial charge is 0.299 e. The Hall–Kier alpha value is -4.34. The summed E-state index contributed by atoms with van der Waals surface area (Å²) in [6, 6.07) is 20.4. The third-order valence-electron chi connectivity index (χ3n) is 5.29. The van der Waals surface area contributed by atoms with E-state index in [-0.39, 0.29) is 17.3 Å². The fraction of sp³-hybridized carbons (Fsp3) is 0.148. The van der Waals surface area contributed by atoms with Crippen molar-refractivity contribution in [3.63, 3.8) is 0 Å². The fourth-order valence-corrected chi connectivity index (χ4v) is 3.55. The summed E-state index contributed by atoms with van der Waals surface area (Å²) >= 11 is 5.99. The Morgan fingerprint density at radius 1 is 1.00 bits per heavy atom. The van der Waals surface area contributed by atoms with Crippen molar-refractivity contribution in [3.8, 4) is 22.9 Å². The van der Waals surface area contributed by atoms with Crippen LogP contribution in [0, 0.1) is 0 Å². The lowest BCUT2D eigenvalue weighted by Gasteiger charge is -2.15. The SMILES string of the molecule is COCCNC(=O)c1cccc(Nc2c(Oc3ccc(Cl)cc3)cnn(-c3ccc(OC)cc3)c2=O)c1. The van der Waals surface area contributed by atoms with Crippen molar-refractivity contribution in [2.75, 3.05) is 32.7 Å². The summed E-state index contributed by atoms with van der Waals surface area (Å²) in [5.74, 6) is 1.07. The number of anilines is 2. The van der Waals surface area contributed by atoms with Gasteiger partial charge in [0.25, 0.3) is 11.5 Å². The van der Waals surface area contributed by atoms with Gasteiger partial charge in [0.2, 0.25) is 0 Å². The lowest BCUT2D eigenvalue weighted by Crippen LogP contribution is -2.27. The zero-order valence-electron chi connectivity index (χ0n) is 20.2. The number of rotatable bonds is 10. The van der Waals surface area contributed by atoms with E-state index in [0.717, 1.165) is 0 Å². The molecule has 0 atom stereocenters. The van der Waals surface area contributed by atoms with Gasteiger partial charge in [-0.1, -0.05) is 17.7 Å². The summed E-state index contributed by atoms with van der Waals surface area (Å²) < 4.78 is 17.4. The van der Waals surface area contributed by atoms with Crippen LogP contribution in [0.3, 0.4) is 0 Å². The Balaban J connectivity index is 1.71. The lowest BCUT2D eigenvalue weighted by molar-refractivity contribution is 0.0937. The number of methoxy groups -OCH3 is 2. The molecular weight excluding hydrogens is 496 g/mol. The number of carbonyl (C=O) groups is 1. The molecular formula is C27H25ClN4O5. The number of aromatic nitrogens is 2. The van der Waals surface area contributed by atoms with Crippen molar-refractivity contribution in [2.45, 2.75) is 0 Å². The van der Waals surface area contributed by atoms with E-state index in [4.69, 9.17) is 25.8 Å². The van der Waals surface area contributed by atoms with E-state index in [1.807, 2.05) is 0 Å². The first-order chi connectivity index (χ1) is 18.0. The molecule has 190 valence electrons. The van der Waals surface area contributed by atoms with Crippen LogP contribution in [0.1, 0.15) is 10.4 Å². The van der Waals surface area contributed by atoms with Crippen molar-refractivity contribution in [1.82, 2.24) is 15.1 Å². The highest BCUT2D eigenvalue weighted by Gasteiger charge is 2.16. The van der Waals surface area contributed by atoms with E-state index in [0.29, 0.717) is 46.6 Å². The molecule has 0 radical (unpaired) electrons. The van der Waals surface area contributed by atoms with Crippen LogP contribution in [0.25, 0.3) is 5.69 Å². The van der Waals surface area contributed by atoms with Gasteiger partial charge in [0, 0.05) is 29.9 Å². The molecule has 1 amide bonds. The predicted molar refractivity (Wildman–Crippen MR) is 142 cm³/mol. The highest BCUT2D eigenvalue weighted by molar-refractivity contribution is 6.30. The molecule has 0 aliphatic heterocycles. The average molecular weight is 521 g/mol. The molecule has 9 nitrogen and oxygen atoms in total. The van der Waals surface area contributed by atoms with Crippen molar-refractivity contribution >= 4 is 28.9 Å². The van der Waals surface area contributed by atoms with E-state index in [9.17, 15) is 9.59 Å². The summed E-state index contributed by atoms with van der Waals surface area (Å²) in [4.78, 5) is 26.1. The summed E-state index contributed by atoms with van der Waals surface area (Å²) in [5.41, 5.74) is 1.16. The highest BCUT2D eigenvalue weighted by atomic mass is 35.5. The second-order valence-corrected chi connectivity index (χ2v) is 8.25. The maximum Gasteiger partial charge on any atom is 0.299 e. The van der Waals surface area contributed by atoms with Crippen molar-refractivity contribution in [1.29, 1.82) is 0 Å². The summed E-state index contributed by atoms with van der Waals surface area (Å²) in [6.07, 6.45) is 1.45. The van der Waals surface area contributed by atoms with Crippen LogP contribution in [-0.4, -0.2) is 43.1 Å². The highest BCUT2D eigenvalue weighted by Crippen LogP contribution is 2.30. The number of nitrogens with zero attached hydrogens (tertiary/aromatic N) is 2. The minimum atomic E-state index is -0.452. The van der Waals surface area contributed by atoms with Gasteiger partial charge in [-0.3, -0.25) is 9.59 Å². The molecule has 10 heteroatoms. The molecule has 0 aliphatic carbocycles. The van der Waals surface area contributed by atoms with E-state index in [1.54, 1.807) is 87.0 Å². The number of ether oxygens (including phenoxy) is 3. The summed E-state index contributed by atoms with van der Waals surface area (Å²) in [7, 11) is 3.13. The normalized spacial score (nSPS) is 10.6. The molecule has 3 aromatic carbocycles. The predicted octanol–water partition coefficient (Wildman–Crippen LogP) is 4.81. The molecule has 0 aliphatic rings. The van der Waals surface area contributed by atoms with Gasteiger partial charge in [0.1, 0.15) is 11.5 Å². The number of hydrogen-bond donors (Lipinski definition) is 2. The fourth-order valence-electron chi connectivity index (χ4n) is 3.42. The van der Waals surface area contributed by atoms with Gasteiger partial charge in [-0.25, -0.2) is 0 Å². The zero-order valence-corrected chi connectivity index (χ0v) is 21.0. The van der Waals surface area contributed by atoms with Gasteiger partial charge in [-0.15, -0.1) is 0 Å². The number of nitrogens with one attached hydrogen (secondary N) is 2. The van der Waals surface area contributed by atoms with Crippen LogP contribution in [0.2, 0.25) is 5.02 Å². The number of amides is 1. The van der Waals surface area contributed by atoms with Crippen LogP contribution >= 0.6 is 11.6 Å². The summed E-state index contributed by atoms with van der Waals surface area (Å²) in [5, 5.41) is 10.8. The third-order valence-corrected chi connectivity index (χ3v) is 5.54. The van der Waals surface area contributed by atoms with Crippen molar-refractivity contribution < 1.29 is 19.0 Å². The molecule has 4 rings (SSSR count). The largest absolute Gasteiger partial charge is 0.497 e. The molecule has 2 N–H and O–H groups in total. The number of halogens is 1. The molecule has 1 heterocycles. The maximum atomic E-state index is 13.6. The van der Waals surface area contributed by atoms with Crippen LogP contribution < -0.4 is 25.7 Å². The van der Waals surface area contributed by atoms with Crippen LogP contribution in [0.4, 0.5) is 11.4 Å². The Bertz CT molecular complexity index is 1420. The first-order valence-electron chi connectivity index (χ1n) is 11.3. The first-order valence-corrected chi connectivity index (χ1v) is 11.7.